The lowest BCUT2D eigenvalue weighted by Gasteiger charge is -2.37. The number of benzene rings is 1. The fourth-order valence-electron chi connectivity index (χ4n) is 4.92. The number of amides is 2. The lowest BCUT2D eigenvalue weighted by molar-refractivity contribution is -0.00902. The zero-order valence-electron chi connectivity index (χ0n) is 18.6. The van der Waals surface area contributed by atoms with E-state index >= 15 is 0 Å². The quantitative estimate of drug-likeness (QED) is 0.747. The molecule has 3 rings (SSSR count). The lowest BCUT2D eigenvalue weighted by Crippen LogP contribution is -2.50. The summed E-state index contributed by atoms with van der Waals surface area (Å²) in [5.41, 5.74) is -1.90. The van der Waals surface area contributed by atoms with Crippen LogP contribution in [0.3, 0.4) is 0 Å². The first-order valence-electron chi connectivity index (χ1n) is 10.9. The van der Waals surface area contributed by atoms with E-state index < -0.39 is 52.4 Å². The summed E-state index contributed by atoms with van der Waals surface area (Å²) in [6.45, 7) is 7.30. The van der Waals surface area contributed by atoms with Crippen molar-refractivity contribution in [1.29, 1.82) is 0 Å². The molecular formula is C23H32F2N2O4. The van der Waals surface area contributed by atoms with Crippen LogP contribution in [0.25, 0.3) is 0 Å². The van der Waals surface area contributed by atoms with Crippen molar-refractivity contribution >= 4 is 12.0 Å². The van der Waals surface area contributed by atoms with Crippen molar-refractivity contribution < 1.29 is 28.2 Å². The van der Waals surface area contributed by atoms with Crippen LogP contribution in [0, 0.1) is 17.0 Å². The molecule has 0 bridgehead atoms. The van der Waals surface area contributed by atoms with Crippen molar-refractivity contribution in [3.8, 4) is 0 Å². The van der Waals surface area contributed by atoms with Crippen molar-refractivity contribution in [3.05, 3.63) is 35.4 Å². The van der Waals surface area contributed by atoms with Crippen molar-refractivity contribution in [3.63, 3.8) is 0 Å². The molecule has 6 nitrogen and oxygen atoms in total. The van der Waals surface area contributed by atoms with Crippen LogP contribution in [-0.2, 0) is 4.74 Å². The molecule has 0 spiro atoms. The average Bonchev–Trinajstić information content (AvgIpc) is 2.87. The number of nitrogens with zero attached hydrogens (tertiary/aromatic N) is 1. The first-order chi connectivity index (χ1) is 14.4. The van der Waals surface area contributed by atoms with E-state index in [1.165, 1.54) is 6.07 Å². The highest BCUT2D eigenvalue weighted by atomic mass is 19.1. The third-order valence-corrected chi connectivity index (χ3v) is 6.42. The molecule has 1 aliphatic heterocycles. The SMILES string of the molecule is CC(C)(C)OC(=O)N1[C@@H](CNC(=O)c2c(F)cccc2F)C[C@@]2(C)[C@@H](O)CCCC[C@@H]12. The summed E-state index contributed by atoms with van der Waals surface area (Å²) < 4.78 is 33.6. The predicted molar refractivity (Wildman–Crippen MR) is 112 cm³/mol. The number of hydrogen-bond donors (Lipinski definition) is 2. The van der Waals surface area contributed by atoms with E-state index in [1.807, 2.05) is 6.92 Å². The van der Waals surface area contributed by atoms with Gasteiger partial charge in [0.1, 0.15) is 22.8 Å². The average molecular weight is 439 g/mol. The third-order valence-electron chi connectivity index (χ3n) is 6.42. The Kier molecular flexibility index (Phi) is 6.60. The van der Waals surface area contributed by atoms with Crippen molar-refractivity contribution in [2.24, 2.45) is 5.41 Å². The highest BCUT2D eigenvalue weighted by Gasteiger charge is 2.55. The number of aliphatic hydroxyl groups excluding tert-OH is 1. The van der Waals surface area contributed by atoms with E-state index in [0.717, 1.165) is 31.4 Å². The van der Waals surface area contributed by atoms with Gasteiger partial charge in [-0.1, -0.05) is 25.8 Å². The van der Waals surface area contributed by atoms with Gasteiger partial charge in [-0.15, -0.1) is 0 Å². The van der Waals surface area contributed by atoms with Crippen LogP contribution in [0.5, 0.6) is 0 Å². The first-order valence-corrected chi connectivity index (χ1v) is 10.9. The van der Waals surface area contributed by atoms with Gasteiger partial charge in [0.25, 0.3) is 5.91 Å². The standard InChI is InChI=1S/C23H32F2N2O4/c1-22(2,3)31-21(30)27-14(12-23(4)17(27)10-5-6-11-18(23)28)13-26-20(29)19-15(24)8-7-9-16(19)25/h7-9,14,17-18,28H,5-6,10-13H2,1-4H3,(H,26,29)/t14-,17-,18+,23-/m1/s1. The Morgan fingerprint density at radius 3 is 2.45 bits per heavy atom. The molecule has 2 aliphatic rings. The topological polar surface area (TPSA) is 78.9 Å². The van der Waals surface area contributed by atoms with Gasteiger partial charge in [0, 0.05) is 18.0 Å². The van der Waals surface area contributed by atoms with Gasteiger partial charge in [0.2, 0.25) is 0 Å². The van der Waals surface area contributed by atoms with Crippen LogP contribution in [-0.4, -0.2) is 52.3 Å². The van der Waals surface area contributed by atoms with Gasteiger partial charge in [0.05, 0.1) is 12.1 Å². The monoisotopic (exact) mass is 438 g/mol. The molecule has 1 aromatic rings. The molecule has 2 fully saturated rings. The minimum absolute atomic E-state index is 0.00462. The lowest BCUT2D eigenvalue weighted by atomic mass is 9.75. The van der Waals surface area contributed by atoms with Crippen molar-refractivity contribution in [1.82, 2.24) is 10.2 Å². The molecule has 0 radical (unpaired) electrons. The Hall–Kier alpha value is -2.22. The Labute approximate surface area is 181 Å². The fraction of sp³-hybridized carbons (Fsp3) is 0.652. The third kappa shape index (κ3) is 4.84. The fourth-order valence-corrected chi connectivity index (χ4v) is 4.92. The Morgan fingerprint density at radius 2 is 1.84 bits per heavy atom. The van der Waals surface area contributed by atoms with Gasteiger partial charge in [-0.2, -0.15) is 0 Å². The van der Waals surface area contributed by atoms with Crippen LogP contribution in [0.4, 0.5) is 13.6 Å². The number of fused-ring (bicyclic) bond motifs is 1. The van der Waals surface area contributed by atoms with Crippen molar-refractivity contribution in [2.45, 2.75) is 83.6 Å². The Morgan fingerprint density at radius 1 is 1.23 bits per heavy atom. The van der Waals surface area contributed by atoms with E-state index in [2.05, 4.69) is 5.32 Å². The number of hydrogen-bond acceptors (Lipinski definition) is 4. The number of halogens is 2. The molecule has 0 unspecified atom stereocenters. The summed E-state index contributed by atoms with van der Waals surface area (Å²) >= 11 is 0. The maximum absolute atomic E-state index is 14.0. The Bertz CT molecular complexity index is 821. The molecule has 1 aromatic carbocycles. The number of carbonyl (C=O) groups is 2. The summed E-state index contributed by atoms with van der Waals surface area (Å²) in [5.74, 6) is -2.77. The number of aliphatic hydroxyl groups is 1. The van der Waals surface area contributed by atoms with Crippen LogP contribution >= 0.6 is 0 Å². The molecular weight excluding hydrogens is 406 g/mol. The van der Waals surface area contributed by atoms with Gasteiger partial charge in [-0.05, 0) is 52.2 Å². The smallest absolute Gasteiger partial charge is 0.410 e. The highest BCUT2D eigenvalue weighted by molar-refractivity contribution is 5.94. The molecule has 1 saturated heterocycles. The number of nitrogens with one attached hydrogen (secondary N) is 1. The molecule has 8 heteroatoms. The first kappa shape index (κ1) is 23.4. The maximum atomic E-state index is 14.0. The second-order valence-corrected chi connectivity index (χ2v) is 9.87. The van der Waals surface area contributed by atoms with E-state index in [9.17, 15) is 23.5 Å². The minimum Gasteiger partial charge on any atom is -0.444 e. The van der Waals surface area contributed by atoms with Crippen LogP contribution < -0.4 is 5.32 Å². The molecule has 2 amide bonds. The van der Waals surface area contributed by atoms with Gasteiger partial charge in [-0.25, -0.2) is 13.6 Å². The van der Waals surface area contributed by atoms with Gasteiger partial charge < -0.3 is 15.2 Å². The van der Waals surface area contributed by atoms with Gasteiger partial charge >= 0.3 is 6.09 Å². The number of rotatable bonds is 3. The predicted octanol–water partition coefficient (Wildman–Crippen LogP) is 4.01. The largest absolute Gasteiger partial charge is 0.444 e. The zero-order valence-corrected chi connectivity index (χ0v) is 18.6. The van der Waals surface area contributed by atoms with E-state index in [-0.39, 0.29) is 12.6 Å². The summed E-state index contributed by atoms with van der Waals surface area (Å²) in [6, 6.07) is 2.54. The number of ether oxygens (including phenoxy) is 1. The van der Waals surface area contributed by atoms with E-state index in [4.69, 9.17) is 4.74 Å². The van der Waals surface area contributed by atoms with Crippen molar-refractivity contribution in [2.75, 3.05) is 6.54 Å². The molecule has 0 aromatic heterocycles. The molecule has 1 heterocycles. The minimum atomic E-state index is -0.944. The van der Waals surface area contributed by atoms with E-state index in [0.29, 0.717) is 12.8 Å². The Balaban J connectivity index is 1.84. The summed E-state index contributed by atoms with van der Waals surface area (Å²) in [4.78, 5) is 27.2. The molecule has 1 aliphatic carbocycles. The zero-order chi connectivity index (χ0) is 23.0. The van der Waals surface area contributed by atoms with Gasteiger partial charge in [-0.3, -0.25) is 9.69 Å². The highest BCUT2D eigenvalue weighted by Crippen LogP contribution is 2.48. The maximum Gasteiger partial charge on any atom is 0.410 e. The number of carbonyl (C=O) groups excluding carboxylic acids is 2. The van der Waals surface area contributed by atoms with Crippen LogP contribution in [0.15, 0.2) is 18.2 Å². The summed E-state index contributed by atoms with van der Waals surface area (Å²) in [6.07, 6.45) is 2.48. The summed E-state index contributed by atoms with van der Waals surface area (Å²) in [5, 5.41) is 13.4. The molecule has 4 atom stereocenters. The molecule has 172 valence electrons. The second-order valence-electron chi connectivity index (χ2n) is 9.87. The van der Waals surface area contributed by atoms with E-state index in [1.54, 1.807) is 25.7 Å². The molecule has 2 N–H and O–H groups in total. The van der Waals surface area contributed by atoms with Crippen LogP contribution in [0.2, 0.25) is 0 Å². The summed E-state index contributed by atoms with van der Waals surface area (Å²) in [7, 11) is 0. The number of likely N-dealkylation sites (tertiary alicyclic amines) is 1. The molecule has 31 heavy (non-hydrogen) atoms. The molecule has 1 saturated carbocycles. The normalized spacial score (nSPS) is 28.6. The second kappa shape index (κ2) is 8.73. The van der Waals surface area contributed by atoms with Crippen LogP contribution in [0.1, 0.15) is 70.2 Å². The van der Waals surface area contributed by atoms with Gasteiger partial charge in [0.15, 0.2) is 0 Å².